The third-order valence-corrected chi connectivity index (χ3v) is 5.45. The molecule has 1 fully saturated rings. The van der Waals surface area contributed by atoms with Crippen LogP contribution in [-0.4, -0.2) is 51.6 Å². The van der Waals surface area contributed by atoms with Crippen molar-refractivity contribution >= 4 is 40.4 Å². The molecule has 0 saturated carbocycles. The molecule has 0 aliphatic carbocycles. The summed E-state index contributed by atoms with van der Waals surface area (Å²) in [6, 6.07) is 7.57. The molecule has 1 saturated heterocycles. The topological polar surface area (TPSA) is 53.7 Å². The molecule has 0 aromatic carbocycles. The van der Waals surface area contributed by atoms with Crippen LogP contribution in [0.3, 0.4) is 0 Å². The van der Waals surface area contributed by atoms with Gasteiger partial charge in [-0.25, -0.2) is 0 Å². The van der Waals surface area contributed by atoms with E-state index in [1.54, 1.807) is 17.4 Å². The molecule has 124 valence electrons. The molecular formula is C16H16ClN5OS. The minimum absolute atomic E-state index is 0.113. The van der Waals surface area contributed by atoms with Crippen molar-refractivity contribution in [3.8, 4) is 0 Å². The number of hydrogen-bond donors (Lipinski definition) is 0. The fourth-order valence-corrected chi connectivity index (χ4v) is 3.94. The number of aryl methyl sites for hydroxylation is 1. The van der Waals surface area contributed by atoms with Crippen molar-refractivity contribution in [2.24, 2.45) is 0 Å². The van der Waals surface area contributed by atoms with Crippen molar-refractivity contribution in [2.75, 3.05) is 31.1 Å². The Balaban J connectivity index is 1.49. The first-order chi connectivity index (χ1) is 11.6. The van der Waals surface area contributed by atoms with E-state index in [1.165, 1.54) is 0 Å². The fourth-order valence-electron chi connectivity index (χ4n) is 2.90. The predicted octanol–water partition coefficient (Wildman–Crippen LogP) is 2.72. The van der Waals surface area contributed by atoms with Gasteiger partial charge in [-0.1, -0.05) is 11.6 Å². The van der Waals surface area contributed by atoms with Gasteiger partial charge in [0.05, 0.1) is 9.90 Å². The molecule has 0 radical (unpaired) electrons. The lowest BCUT2D eigenvalue weighted by Crippen LogP contribution is -2.49. The van der Waals surface area contributed by atoms with Crippen LogP contribution in [0.4, 0.5) is 5.95 Å². The number of halogens is 1. The highest BCUT2D eigenvalue weighted by Crippen LogP contribution is 2.22. The Morgan fingerprint density at radius 3 is 2.67 bits per heavy atom. The minimum Gasteiger partial charge on any atom is -0.337 e. The maximum absolute atomic E-state index is 12.5. The highest BCUT2D eigenvalue weighted by atomic mass is 35.5. The summed E-state index contributed by atoms with van der Waals surface area (Å²) in [6.07, 6.45) is 1.91. The second-order valence-electron chi connectivity index (χ2n) is 5.74. The van der Waals surface area contributed by atoms with E-state index in [1.807, 2.05) is 40.6 Å². The third-order valence-electron chi connectivity index (χ3n) is 4.17. The molecule has 1 aliphatic rings. The van der Waals surface area contributed by atoms with Crippen LogP contribution < -0.4 is 4.90 Å². The van der Waals surface area contributed by atoms with Gasteiger partial charge in [0.1, 0.15) is 0 Å². The van der Waals surface area contributed by atoms with E-state index in [9.17, 15) is 4.79 Å². The van der Waals surface area contributed by atoms with Gasteiger partial charge in [-0.15, -0.1) is 21.5 Å². The molecule has 0 bridgehead atoms. The van der Waals surface area contributed by atoms with Gasteiger partial charge in [0, 0.05) is 37.3 Å². The van der Waals surface area contributed by atoms with E-state index >= 15 is 0 Å². The number of hydrogen-bond acceptors (Lipinski definition) is 5. The second-order valence-corrected chi connectivity index (χ2v) is 7.43. The van der Waals surface area contributed by atoms with E-state index in [-0.39, 0.29) is 5.91 Å². The molecule has 0 atom stereocenters. The summed E-state index contributed by atoms with van der Waals surface area (Å²) in [5.74, 6) is 0.883. The summed E-state index contributed by atoms with van der Waals surface area (Å²) in [6.45, 7) is 4.81. The first kappa shape index (κ1) is 15.4. The zero-order valence-electron chi connectivity index (χ0n) is 13.1. The molecule has 8 heteroatoms. The van der Waals surface area contributed by atoms with Gasteiger partial charge in [-0.05, 0) is 31.2 Å². The summed E-state index contributed by atoms with van der Waals surface area (Å²) in [5.41, 5.74) is 0.654. The standard InChI is InChI=1S/C16H16ClN5OS/c1-11-4-5-13(24-11)15(23)20-7-9-21(10-8-20)16-19-18-14-12(17)3-2-6-22(14)16/h2-6H,7-10H2,1H3. The van der Waals surface area contributed by atoms with Crippen molar-refractivity contribution < 1.29 is 4.79 Å². The molecule has 3 aromatic heterocycles. The number of pyridine rings is 1. The normalized spacial score (nSPS) is 15.2. The number of aromatic nitrogens is 3. The average molecular weight is 362 g/mol. The Morgan fingerprint density at radius 1 is 1.17 bits per heavy atom. The Hall–Kier alpha value is -2.12. The predicted molar refractivity (Wildman–Crippen MR) is 95.2 cm³/mol. The van der Waals surface area contributed by atoms with Crippen LogP contribution in [-0.2, 0) is 0 Å². The van der Waals surface area contributed by atoms with Gasteiger partial charge in [-0.2, -0.15) is 0 Å². The number of nitrogens with zero attached hydrogens (tertiary/aromatic N) is 5. The molecular weight excluding hydrogens is 346 g/mol. The van der Waals surface area contributed by atoms with Crippen LogP contribution in [0.1, 0.15) is 14.5 Å². The molecule has 0 N–H and O–H groups in total. The number of fused-ring (bicyclic) bond motifs is 1. The smallest absolute Gasteiger partial charge is 0.264 e. The molecule has 6 nitrogen and oxygen atoms in total. The van der Waals surface area contributed by atoms with Gasteiger partial charge >= 0.3 is 0 Å². The third kappa shape index (κ3) is 2.63. The Morgan fingerprint density at radius 2 is 1.96 bits per heavy atom. The molecule has 24 heavy (non-hydrogen) atoms. The fraction of sp³-hybridized carbons (Fsp3) is 0.312. The molecule has 3 aromatic rings. The van der Waals surface area contributed by atoms with Gasteiger partial charge in [0.15, 0.2) is 5.65 Å². The quantitative estimate of drug-likeness (QED) is 0.704. The van der Waals surface area contributed by atoms with Crippen LogP contribution >= 0.6 is 22.9 Å². The van der Waals surface area contributed by atoms with Gasteiger partial charge < -0.3 is 9.80 Å². The zero-order valence-corrected chi connectivity index (χ0v) is 14.7. The average Bonchev–Trinajstić information content (AvgIpc) is 3.22. The van der Waals surface area contributed by atoms with Crippen molar-refractivity contribution in [3.63, 3.8) is 0 Å². The number of anilines is 1. The van der Waals surface area contributed by atoms with E-state index in [0.717, 1.165) is 28.8 Å². The molecule has 0 unspecified atom stereocenters. The lowest BCUT2D eigenvalue weighted by Gasteiger charge is -2.34. The van der Waals surface area contributed by atoms with Crippen molar-refractivity contribution in [3.05, 3.63) is 45.2 Å². The van der Waals surface area contributed by atoms with Crippen LogP contribution in [0.15, 0.2) is 30.5 Å². The number of thiophene rings is 1. The molecule has 4 rings (SSSR count). The lowest BCUT2D eigenvalue weighted by molar-refractivity contribution is 0.0751. The molecule has 1 amide bonds. The van der Waals surface area contributed by atoms with Crippen LogP contribution in [0.25, 0.3) is 5.65 Å². The summed E-state index contributed by atoms with van der Waals surface area (Å²) in [7, 11) is 0. The number of carbonyl (C=O) groups excluding carboxylic acids is 1. The molecule has 4 heterocycles. The number of piperazine rings is 1. The van der Waals surface area contributed by atoms with Crippen molar-refractivity contribution in [1.82, 2.24) is 19.5 Å². The SMILES string of the molecule is Cc1ccc(C(=O)N2CCN(c3nnc4c(Cl)cccn34)CC2)s1. The minimum atomic E-state index is 0.113. The maximum Gasteiger partial charge on any atom is 0.264 e. The monoisotopic (exact) mass is 361 g/mol. The van der Waals surface area contributed by atoms with Crippen LogP contribution in [0.2, 0.25) is 5.02 Å². The van der Waals surface area contributed by atoms with E-state index in [4.69, 9.17) is 11.6 Å². The Bertz CT molecular complexity index is 897. The number of rotatable bonds is 2. The summed E-state index contributed by atoms with van der Waals surface area (Å²) >= 11 is 7.70. The van der Waals surface area contributed by atoms with Crippen molar-refractivity contribution in [1.29, 1.82) is 0 Å². The Kier molecular flexibility index (Phi) is 3.90. The first-order valence-corrected chi connectivity index (χ1v) is 8.93. The highest BCUT2D eigenvalue weighted by Gasteiger charge is 2.25. The number of amides is 1. The number of carbonyl (C=O) groups is 1. The van der Waals surface area contributed by atoms with Crippen molar-refractivity contribution in [2.45, 2.75) is 6.92 Å². The highest BCUT2D eigenvalue weighted by molar-refractivity contribution is 7.13. The Labute approximate surface area is 148 Å². The van der Waals surface area contributed by atoms with Gasteiger partial charge in [-0.3, -0.25) is 9.20 Å². The van der Waals surface area contributed by atoms with E-state index in [0.29, 0.717) is 23.8 Å². The summed E-state index contributed by atoms with van der Waals surface area (Å²) < 4.78 is 1.89. The van der Waals surface area contributed by atoms with Crippen LogP contribution in [0, 0.1) is 6.92 Å². The molecule has 0 spiro atoms. The lowest BCUT2D eigenvalue weighted by atomic mass is 10.3. The zero-order chi connectivity index (χ0) is 16.7. The largest absolute Gasteiger partial charge is 0.337 e. The van der Waals surface area contributed by atoms with E-state index < -0.39 is 0 Å². The van der Waals surface area contributed by atoms with Gasteiger partial charge in [0.2, 0.25) is 5.95 Å². The van der Waals surface area contributed by atoms with E-state index in [2.05, 4.69) is 15.1 Å². The summed E-state index contributed by atoms with van der Waals surface area (Å²) in [5, 5.41) is 9.00. The van der Waals surface area contributed by atoms with Crippen LogP contribution in [0.5, 0.6) is 0 Å². The molecule has 1 aliphatic heterocycles. The first-order valence-electron chi connectivity index (χ1n) is 7.73. The maximum atomic E-state index is 12.5. The summed E-state index contributed by atoms with van der Waals surface area (Å²) in [4.78, 5) is 18.5. The second kappa shape index (κ2) is 6.07. The van der Waals surface area contributed by atoms with Gasteiger partial charge in [0.25, 0.3) is 5.91 Å².